The maximum Gasteiger partial charge on any atom is 0.254 e. The van der Waals surface area contributed by atoms with Gasteiger partial charge in [-0.1, -0.05) is 18.9 Å². The summed E-state index contributed by atoms with van der Waals surface area (Å²) in [6.45, 7) is 0.801. The summed E-state index contributed by atoms with van der Waals surface area (Å²) in [6.07, 6.45) is 4.15. The van der Waals surface area contributed by atoms with Crippen molar-refractivity contribution in [3.8, 4) is 0 Å². The van der Waals surface area contributed by atoms with E-state index >= 15 is 0 Å². The largest absolute Gasteiger partial charge is 0.394 e. The quantitative estimate of drug-likeness (QED) is 0.920. The summed E-state index contributed by atoms with van der Waals surface area (Å²) in [5.41, 5.74) is 1.72. The van der Waals surface area contributed by atoms with Crippen LogP contribution in [0.15, 0.2) is 24.3 Å². The topological polar surface area (TPSA) is 43.8 Å². The minimum absolute atomic E-state index is 0.0342. The zero-order chi connectivity index (χ0) is 14.5. The second-order valence-electron chi connectivity index (χ2n) is 5.63. The molecule has 0 radical (unpaired) electrons. The van der Waals surface area contributed by atoms with E-state index in [2.05, 4.69) is 0 Å². The van der Waals surface area contributed by atoms with Crippen molar-refractivity contribution >= 4 is 11.6 Å². The molecule has 1 unspecified atom stereocenters. The highest BCUT2D eigenvalue weighted by atomic mass is 16.3. The van der Waals surface area contributed by atoms with Gasteiger partial charge < -0.3 is 14.9 Å². The third kappa shape index (κ3) is 3.31. The molecule has 0 bridgehead atoms. The first-order valence-electron chi connectivity index (χ1n) is 7.32. The molecule has 1 heterocycles. The first-order valence-corrected chi connectivity index (χ1v) is 7.32. The number of aliphatic hydroxyl groups excluding tert-OH is 1. The lowest BCUT2D eigenvalue weighted by Gasteiger charge is -2.29. The molecule has 0 saturated carbocycles. The summed E-state index contributed by atoms with van der Waals surface area (Å²) >= 11 is 0. The van der Waals surface area contributed by atoms with Gasteiger partial charge in [-0.25, -0.2) is 0 Å². The number of likely N-dealkylation sites (tertiary alicyclic amines) is 1. The van der Waals surface area contributed by atoms with E-state index in [1.165, 1.54) is 0 Å². The molecule has 4 nitrogen and oxygen atoms in total. The van der Waals surface area contributed by atoms with Crippen molar-refractivity contribution in [2.24, 2.45) is 0 Å². The van der Waals surface area contributed by atoms with Crippen molar-refractivity contribution < 1.29 is 9.90 Å². The number of carbonyl (C=O) groups excluding carboxylic acids is 1. The summed E-state index contributed by atoms with van der Waals surface area (Å²) < 4.78 is 0. The Labute approximate surface area is 121 Å². The molecule has 1 aromatic carbocycles. The van der Waals surface area contributed by atoms with E-state index in [0.29, 0.717) is 5.56 Å². The first kappa shape index (κ1) is 14.9. The summed E-state index contributed by atoms with van der Waals surface area (Å²) in [4.78, 5) is 16.5. The Bertz CT molecular complexity index is 460. The lowest BCUT2D eigenvalue weighted by Crippen LogP contribution is -2.42. The molecule has 1 atom stereocenters. The van der Waals surface area contributed by atoms with Gasteiger partial charge in [-0.2, -0.15) is 0 Å². The molecule has 110 valence electrons. The van der Waals surface area contributed by atoms with Gasteiger partial charge in [0, 0.05) is 31.9 Å². The van der Waals surface area contributed by atoms with Gasteiger partial charge in [0.15, 0.2) is 0 Å². The fourth-order valence-corrected chi connectivity index (χ4v) is 2.72. The Morgan fingerprint density at radius 3 is 2.85 bits per heavy atom. The SMILES string of the molecule is CN(C)c1cccc(C(=O)N2CCCCCC2CO)c1. The lowest BCUT2D eigenvalue weighted by molar-refractivity contribution is 0.0600. The highest BCUT2D eigenvalue weighted by molar-refractivity contribution is 5.95. The molecular weight excluding hydrogens is 252 g/mol. The van der Waals surface area contributed by atoms with Crippen molar-refractivity contribution in [3.63, 3.8) is 0 Å². The van der Waals surface area contributed by atoms with Crippen LogP contribution in [-0.2, 0) is 0 Å². The summed E-state index contributed by atoms with van der Waals surface area (Å²) in [5, 5.41) is 9.52. The van der Waals surface area contributed by atoms with Crippen LogP contribution >= 0.6 is 0 Å². The third-order valence-electron chi connectivity index (χ3n) is 3.96. The normalized spacial score (nSPS) is 19.6. The number of carbonyl (C=O) groups is 1. The van der Waals surface area contributed by atoms with E-state index in [1.54, 1.807) is 0 Å². The van der Waals surface area contributed by atoms with Crippen molar-refractivity contribution in [1.82, 2.24) is 4.90 Å². The number of nitrogens with zero attached hydrogens (tertiary/aromatic N) is 2. The standard InChI is InChI=1S/C16H24N2O2/c1-17(2)14-9-6-7-13(11-14)16(20)18-10-5-3-4-8-15(18)12-19/h6-7,9,11,15,19H,3-5,8,10,12H2,1-2H3. The maximum atomic E-state index is 12.7. The van der Waals surface area contributed by atoms with Crippen LogP contribution in [-0.4, -0.2) is 49.2 Å². The monoisotopic (exact) mass is 276 g/mol. The Morgan fingerprint density at radius 1 is 1.35 bits per heavy atom. The van der Waals surface area contributed by atoms with Crippen molar-refractivity contribution in [3.05, 3.63) is 29.8 Å². The minimum atomic E-state index is -0.0342. The van der Waals surface area contributed by atoms with Crippen molar-refractivity contribution in [1.29, 1.82) is 0 Å². The van der Waals surface area contributed by atoms with E-state index in [0.717, 1.165) is 37.9 Å². The van der Waals surface area contributed by atoms with Gasteiger partial charge in [-0.3, -0.25) is 4.79 Å². The molecule has 0 aromatic heterocycles. The number of hydrogen-bond acceptors (Lipinski definition) is 3. The summed E-state index contributed by atoms with van der Waals surface area (Å²) in [7, 11) is 3.93. The minimum Gasteiger partial charge on any atom is -0.394 e. The van der Waals surface area contributed by atoms with Gasteiger partial charge in [-0.15, -0.1) is 0 Å². The van der Waals surface area contributed by atoms with E-state index in [1.807, 2.05) is 48.2 Å². The van der Waals surface area contributed by atoms with Crippen LogP contribution in [0.25, 0.3) is 0 Å². The van der Waals surface area contributed by atoms with Crippen LogP contribution in [0.2, 0.25) is 0 Å². The molecule has 1 fully saturated rings. The number of anilines is 1. The second-order valence-corrected chi connectivity index (χ2v) is 5.63. The lowest BCUT2D eigenvalue weighted by atomic mass is 10.1. The number of aliphatic hydroxyl groups is 1. The molecule has 1 aliphatic heterocycles. The van der Waals surface area contributed by atoms with Gasteiger partial charge >= 0.3 is 0 Å². The Morgan fingerprint density at radius 2 is 2.15 bits per heavy atom. The number of rotatable bonds is 3. The molecule has 1 N–H and O–H groups in total. The average Bonchev–Trinajstić information content (AvgIpc) is 2.71. The fraction of sp³-hybridized carbons (Fsp3) is 0.562. The van der Waals surface area contributed by atoms with Crippen LogP contribution in [0.5, 0.6) is 0 Å². The predicted molar refractivity (Wildman–Crippen MR) is 81.1 cm³/mol. The van der Waals surface area contributed by atoms with E-state index in [-0.39, 0.29) is 18.6 Å². The Balaban J connectivity index is 2.22. The molecule has 1 amide bonds. The van der Waals surface area contributed by atoms with Crippen molar-refractivity contribution in [2.45, 2.75) is 31.7 Å². The Kier molecular flexibility index (Phi) is 5.01. The average molecular weight is 276 g/mol. The highest BCUT2D eigenvalue weighted by Gasteiger charge is 2.25. The maximum absolute atomic E-state index is 12.7. The van der Waals surface area contributed by atoms with Crippen LogP contribution in [0.1, 0.15) is 36.0 Å². The van der Waals surface area contributed by atoms with Crippen molar-refractivity contribution in [2.75, 3.05) is 32.1 Å². The van der Waals surface area contributed by atoms with Gasteiger partial charge in [0.25, 0.3) is 5.91 Å². The van der Waals surface area contributed by atoms with Gasteiger partial charge in [0.05, 0.1) is 12.6 Å². The number of benzene rings is 1. The van der Waals surface area contributed by atoms with Gasteiger partial charge in [0.2, 0.25) is 0 Å². The molecule has 1 aromatic rings. The fourth-order valence-electron chi connectivity index (χ4n) is 2.72. The smallest absolute Gasteiger partial charge is 0.254 e. The molecule has 0 aliphatic carbocycles. The Hall–Kier alpha value is -1.55. The van der Waals surface area contributed by atoms with E-state index < -0.39 is 0 Å². The first-order chi connectivity index (χ1) is 9.63. The third-order valence-corrected chi connectivity index (χ3v) is 3.96. The van der Waals surface area contributed by atoms with Crippen LogP contribution in [0, 0.1) is 0 Å². The highest BCUT2D eigenvalue weighted by Crippen LogP contribution is 2.21. The number of amides is 1. The molecular formula is C16H24N2O2. The molecule has 20 heavy (non-hydrogen) atoms. The van der Waals surface area contributed by atoms with Crippen LogP contribution in [0.4, 0.5) is 5.69 Å². The van der Waals surface area contributed by atoms with Crippen LogP contribution < -0.4 is 4.90 Å². The van der Waals surface area contributed by atoms with Gasteiger partial charge in [-0.05, 0) is 31.0 Å². The summed E-state index contributed by atoms with van der Waals surface area (Å²) in [6, 6.07) is 7.64. The second kappa shape index (κ2) is 6.75. The van der Waals surface area contributed by atoms with E-state index in [9.17, 15) is 9.90 Å². The summed E-state index contributed by atoms with van der Waals surface area (Å²) in [5.74, 6) is 0.0367. The van der Waals surface area contributed by atoms with E-state index in [4.69, 9.17) is 0 Å². The van der Waals surface area contributed by atoms with Crippen LogP contribution in [0.3, 0.4) is 0 Å². The molecule has 4 heteroatoms. The zero-order valence-electron chi connectivity index (χ0n) is 12.4. The predicted octanol–water partition coefficient (Wildman–Crippen LogP) is 2.13. The molecule has 1 aliphatic rings. The number of hydrogen-bond donors (Lipinski definition) is 1. The molecule has 2 rings (SSSR count). The molecule has 0 spiro atoms. The zero-order valence-corrected chi connectivity index (χ0v) is 12.4. The van der Waals surface area contributed by atoms with Gasteiger partial charge in [0.1, 0.15) is 0 Å². The molecule has 1 saturated heterocycles.